The Kier molecular flexibility index (Phi) is 6.30. The Hall–Kier alpha value is -1.72. The molecule has 0 atom stereocenters. The van der Waals surface area contributed by atoms with E-state index in [9.17, 15) is 0 Å². The monoisotopic (exact) mass is 337 g/mol. The molecule has 0 bridgehead atoms. The van der Waals surface area contributed by atoms with Crippen LogP contribution in [0, 0.1) is 13.8 Å². The zero-order valence-corrected chi connectivity index (χ0v) is 14.9. The lowest BCUT2D eigenvalue weighted by atomic mass is 10.2. The predicted octanol–water partition coefficient (Wildman–Crippen LogP) is 3.35. The van der Waals surface area contributed by atoms with Gasteiger partial charge < -0.3 is 14.8 Å². The molecule has 1 heterocycles. The topological polar surface area (TPSA) is 48.3 Å². The summed E-state index contributed by atoms with van der Waals surface area (Å²) in [4.78, 5) is 0. The van der Waals surface area contributed by atoms with Gasteiger partial charge in [0.15, 0.2) is 11.5 Å². The summed E-state index contributed by atoms with van der Waals surface area (Å²) in [5.41, 5.74) is 3.34. The van der Waals surface area contributed by atoms with Crippen molar-refractivity contribution in [3.05, 3.63) is 40.2 Å². The first-order chi connectivity index (χ1) is 11.0. The lowest BCUT2D eigenvalue weighted by Gasteiger charge is -2.12. The minimum absolute atomic E-state index is 0.561. The molecular formula is C17H24ClN3O2. The average Bonchev–Trinajstić information content (AvgIpc) is 2.84. The molecule has 1 N–H and O–H groups in total. The van der Waals surface area contributed by atoms with Crippen LogP contribution < -0.4 is 14.8 Å². The molecule has 1 aromatic carbocycles. The highest BCUT2D eigenvalue weighted by atomic mass is 35.5. The number of aryl methyl sites for hydroxylation is 3. The van der Waals surface area contributed by atoms with Crippen LogP contribution in [0.25, 0.3) is 0 Å². The number of nitrogens with zero attached hydrogens (tertiary/aromatic N) is 2. The van der Waals surface area contributed by atoms with Crippen molar-refractivity contribution in [3.63, 3.8) is 0 Å². The van der Waals surface area contributed by atoms with Crippen molar-refractivity contribution in [2.24, 2.45) is 0 Å². The number of benzene rings is 1. The fraction of sp³-hybridized carbons (Fsp3) is 0.471. The number of nitrogens with one attached hydrogen (secondary N) is 1. The second-order valence-corrected chi connectivity index (χ2v) is 5.90. The standard InChI is InChI=1S/C17H24ClN3O2/c1-12-8-13(2)21(20-12)7-5-6-19-11-14-9-15(18)17(23-4)16(10-14)22-3/h8-10,19H,5-7,11H2,1-4H3. The lowest BCUT2D eigenvalue weighted by Crippen LogP contribution is -2.17. The SMILES string of the molecule is COc1cc(CNCCCn2nc(C)cc2C)cc(Cl)c1OC. The molecule has 0 spiro atoms. The molecule has 126 valence electrons. The van der Waals surface area contributed by atoms with Crippen molar-refractivity contribution in [3.8, 4) is 11.5 Å². The van der Waals surface area contributed by atoms with E-state index in [1.54, 1.807) is 14.2 Å². The lowest BCUT2D eigenvalue weighted by molar-refractivity contribution is 0.354. The van der Waals surface area contributed by atoms with Gasteiger partial charge in [-0.25, -0.2) is 0 Å². The Morgan fingerprint density at radius 1 is 1.17 bits per heavy atom. The highest BCUT2D eigenvalue weighted by Gasteiger charge is 2.10. The molecule has 23 heavy (non-hydrogen) atoms. The maximum Gasteiger partial charge on any atom is 0.179 e. The molecule has 0 saturated heterocycles. The van der Waals surface area contributed by atoms with E-state index >= 15 is 0 Å². The van der Waals surface area contributed by atoms with Crippen LogP contribution in [0.3, 0.4) is 0 Å². The summed E-state index contributed by atoms with van der Waals surface area (Å²) in [6, 6.07) is 5.94. The van der Waals surface area contributed by atoms with E-state index in [2.05, 4.69) is 23.4 Å². The van der Waals surface area contributed by atoms with E-state index in [0.717, 1.165) is 37.3 Å². The van der Waals surface area contributed by atoms with Gasteiger partial charge in [-0.2, -0.15) is 5.10 Å². The quantitative estimate of drug-likeness (QED) is 0.750. The van der Waals surface area contributed by atoms with Gasteiger partial charge in [-0.05, 0) is 50.6 Å². The zero-order chi connectivity index (χ0) is 16.8. The Bertz CT molecular complexity index is 656. The van der Waals surface area contributed by atoms with Gasteiger partial charge in [0.25, 0.3) is 0 Å². The van der Waals surface area contributed by atoms with Crippen LogP contribution in [-0.4, -0.2) is 30.5 Å². The molecule has 2 rings (SSSR count). The Morgan fingerprint density at radius 2 is 1.96 bits per heavy atom. The molecule has 6 heteroatoms. The van der Waals surface area contributed by atoms with Crippen LogP contribution in [0.15, 0.2) is 18.2 Å². The summed E-state index contributed by atoms with van der Waals surface area (Å²) in [6.07, 6.45) is 1.02. The molecule has 0 unspecified atom stereocenters. The van der Waals surface area contributed by atoms with E-state index in [1.807, 2.05) is 23.7 Å². The second-order valence-electron chi connectivity index (χ2n) is 5.49. The zero-order valence-electron chi connectivity index (χ0n) is 14.1. The van der Waals surface area contributed by atoms with Crippen molar-refractivity contribution in [2.45, 2.75) is 33.4 Å². The first kappa shape index (κ1) is 17.6. The van der Waals surface area contributed by atoms with Crippen molar-refractivity contribution in [2.75, 3.05) is 20.8 Å². The summed E-state index contributed by atoms with van der Waals surface area (Å²) < 4.78 is 12.6. The summed E-state index contributed by atoms with van der Waals surface area (Å²) in [6.45, 7) is 6.66. The van der Waals surface area contributed by atoms with Gasteiger partial charge in [0.2, 0.25) is 0 Å². The van der Waals surface area contributed by atoms with Gasteiger partial charge in [-0.3, -0.25) is 4.68 Å². The molecule has 0 radical (unpaired) electrons. The number of methoxy groups -OCH3 is 2. The minimum atomic E-state index is 0.561. The number of rotatable bonds is 8. The molecule has 0 aliphatic heterocycles. The minimum Gasteiger partial charge on any atom is -0.493 e. The number of hydrogen-bond donors (Lipinski definition) is 1. The Morgan fingerprint density at radius 3 is 2.57 bits per heavy atom. The van der Waals surface area contributed by atoms with Gasteiger partial charge in [0, 0.05) is 18.8 Å². The fourth-order valence-corrected chi connectivity index (χ4v) is 2.87. The summed E-state index contributed by atoms with van der Waals surface area (Å²) in [7, 11) is 3.19. The molecular weight excluding hydrogens is 314 g/mol. The van der Waals surface area contributed by atoms with Crippen LogP contribution in [-0.2, 0) is 13.1 Å². The molecule has 0 fully saturated rings. The summed E-state index contributed by atoms with van der Waals surface area (Å²) in [5.74, 6) is 1.22. The predicted molar refractivity (Wildman–Crippen MR) is 92.6 cm³/mol. The average molecular weight is 338 g/mol. The van der Waals surface area contributed by atoms with Gasteiger partial charge in [0.05, 0.1) is 24.9 Å². The molecule has 2 aromatic rings. The van der Waals surface area contributed by atoms with E-state index in [-0.39, 0.29) is 0 Å². The maximum atomic E-state index is 6.21. The fourth-order valence-electron chi connectivity index (χ4n) is 2.56. The van der Waals surface area contributed by atoms with Crippen LogP contribution in [0.1, 0.15) is 23.4 Å². The Labute approximate surface area is 142 Å². The molecule has 1 aromatic heterocycles. The molecule has 0 aliphatic rings. The third kappa shape index (κ3) is 4.62. The van der Waals surface area contributed by atoms with Crippen LogP contribution in [0.4, 0.5) is 0 Å². The van der Waals surface area contributed by atoms with Gasteiger partial charge >= 0.3 is 0 Å². The highest BCUT2D eigenvalue weighted by molar-refractivity contribution is 6.32. The number of ether oxygens (including phenoxy) is 2. The third-order valence-corrected chi connectivity index (χ3v) is 3.93. The highest BCUT2D eigenvalue weighted by Crippen LogP contribution is 2.35. The normalized spacial score (nSPS) is 10.8. The van der Waals surface area contributed by atoms with Crippen molar-refractivity contribution < 1.29 is 9.47 Å². The molecule has 0 aliphatic carbocycles. The van der Waals surface area contributed by atoms with Crippen LogP contribution in [0.5, 0.6) is 11.5 Å². The first-order valence-electron chi connectivity index (χ1n) is 7.67. The Balaban J connectivity index is 1.82. The van der Waals surface area contributed by atoms with Crippen molar-refractivity contribution in [1.29, 1.82) is 0 Å². The van der Waals surface area contributed by atoms with Gasteiger partial charge in [-0.1, -0.05) is 11.6 Å². The van der Waals surface area contributed by atoms with E-state index in [1.165, 1.54) is 5.69 Å². The summed E-state index contributed by atoms with van der Waals surface area (Å²) >= 11 is 6.21. The van der Waals surface area contributed by atoms with Crippen LogP contribution >= 0.6 is 11.6 Å². The van der Waals surface area contributed by atoms with Crippen molar-refractivity contribution >= 4 is 11.6 Å². The maximum absolute atomic E-state index is 6.21. The van der Waals surface area contributed by atoms with E-state index < -0.39 is 0 Å². The van der Waals surface area contributed by atoms with Gasteiger partial charge in [-0.15, -0.1) is 0 Å². The largest absolute Gasteiger partial charge is 0.493 e. The van der Waals surface area contributed by atoms with Gasteiger partial charge in [0.1, 0.15) is 0 Å². The van der Waals surface area contributed by atoms with E-state index in [0.29, 0.717) is 16.5 Å². The number of hydrogen-bond acceptors (Lipinski definition) is 4. The van der Waals surface area contributed by atoms with E-state index in [4.69, 9.17) is 21.1 Å². The first-order valence-corrected chi connectivity index (χ1v) is 8.05. The summed E-state index contributed by atoms with van der Waals surface area (Å²) in [5, 5.41) is 8.44. The molecule has 5 nitrogen and oxygen atoms in total. The molecule has 0 amide bonds. The second kappa shape index (κ2) is 8.22. The number of aromatic nitrogens is 2. The van der Waals surface area contributed by atoms with Crippen molar-refractivity contribution in [1.82, 2.24) is 15.1 Å². The smallest absolute Gasteiger partial charge is 0.179 e. The number of halogens is 1. The van der Waals surface area contributed by atoms with Crippen LogP contribution in [0.2, 0.25) is 5.02 Å². The third-order valence-electron chi connectivity index (χ3n) is 3.65. The molecule has 0 saturated carbocycles.